The smallest absolute Gasteiger partial charge is 0.391 e. The first-order valence-electron chi connectivity index (χ1n) is 39.7. The fraction of sp³-hybridized carbons (Fsp3) is 0.524. The number of thiazole rings is 1. The molecule has 6 aromatic rings. The largest absolute Gasteiger partial charge is 0.501 e. The Bertz CT molecular complexity index is 4540. The maximum atomic E-state index is 14.4. The number of nitrogens with one attached hydrogen (secondary N) is 4. The molecular formula is C84H109ClF3N11O11S4. The van der Waals surface area contributed by atoms with Crippen molar-refractivity contribution in [1.82, 2.24) is 44.8 Å². The number of morpholine rings is 1. The van der Waals surface area contributed by atoms with Crippen molar-refractivity contribution in [3.8, 4) is 10.4 Å². The molecule has 22 nitrogen and oxygen atoms in total. The monoisotopic (exact) mass is 1670 g/mol. The minimum Gasteiger partial charge on any atom is -0.391 e. The molecule has 30 heteroatoms. The first kappa shape index (κ1) is 87.4. The third kappa shape index (κ3) is 23.5. The van der Waals surface area contributed by atoms with E-state index in [1.54, 1.807) is 23.5 Å². The highest BCUT2D eigenvalue weighted by Crippen LogP contribution is 2.45. The maximum absolute atomic E-state index is 14.4. The molecule has 4 fully saturated rings. The molecule has 5 aliphatic rings. The van der Waals surface area contributed by atoms with Crippen LogP contribution in [0.25, 0.3) is 16.0 Å². The zero-order valence-electron chi connectivity index (χ0n) is 66.0. The lowest BCUT2D eigenvalue weighted by Crippen LogP contribution is -2.57. The second kappa shape index (κ2) is 39.2. The van der Waals surface area contributed by atoms with Gasteiger partial charge in [-0.05, 0) is 165 Å². The number of aliphatic hydroxyl groups is 1. The lowest BCUT2D eigenvalue weighted by molar-refractivity contribution is -0.144. The Morgan fingerprint density at radius 3 is 2.12 bits per heavy atom. The number of β-amino-alcohol motifs (C(OH)–C–C–N with tert-alkyl or cyclic N) is 1. The minimum absolute atomic E-state index is 0.0135. The van der Waals surface area contributed by atoms with Crippen molar-refractivity contribution < 1.29 is 63.8 Å². The first-order chi connectivity index (χ1) is 54.3. The summed E-state index contributed by atoms with van der Waals surface area (Å²) in [7, 11) is -11.0. The second-order valence-corrected chi connectivity index (χ2v) is 38.3. The standard InChI is InChI=1S/C84H109ClF3N11O11S4/c1-58(60-20-22-62(23-21-60)77-59(2)89-57-112-77)90-80(104)73-50-68(100)54-99(73)81(105)78(82(3,4)5)92-75(101)18-13-8-7-9-14-19-76(102)98-38-15-37-96(42-45-98)56-83(6)36-34-71(61-24-28-65(85)29-25-61)64(52-83)53-95-40-43-97(44-41-95)67-30-26-63(27-31-67)79(103)93-114(108,109)70-32-33-72(74(51-70)113(106,107)84(86,87)88)91-66(35-39-94-46-48-110-49-47-94)55-111-69-16-11-10-12-17-69/h10-12,16-17,20-33,51,57-58,66,68,73,78,91,100H,7-9,13-15,18-19,34-50,52-56H2,1-6H3,(H,90,104)(H,92,101)(H,93,103)/t58-,66+,68+,73-,78+,83?/m0/s1. The molecule has 0 saturated carbocycles. The van der Waals surface area contributed by atoms with E-state index in [4.69, 9.17) is 16.3 Å². The molecule has 114 heavy (non-hydrogen) atoms. The number of benzene rings is 5. The van der Waals surface area contributed by atoms with Crippen LogP contribution in [0.1, 0.15) is 151 Å². The Hall–Kier alpha value is -7.45. The number of unbranched alkanes of at least 4 members (excludes halogenated alkanes) is 4. The number of halogens is 4. The van der Waals surface area contributed by atoms with E-state index in [0.717, 1.165) is 141 Å². The van der Waals surface area contributed by atoms with Gasteiger partial charge in [-0.2, -0.15) is 13.2 Å². The van der Waals surface area contributed by atoms with Crippen molar-refractivity contribution >= 4 is 101 Å². The molecule has 0 radical (unpaired) electrons. The topological polar surface area (TPSA) is 264 Å². The molecule has 5 heterocycles. The summed E-state index contributed by atoms with van der Waals surface area (Å²) in [6, 6.07) is 31.4. The summed E-state index contributed by atoms with van der Waals surface area (Å²) in [6.07, 6.45) is 7.83. The summed E-state index contributed by atoms with van der Waals surface area (Å²) in [5.74, 6) is -1.57. The van der Waals surface area contributed by atoms with Crippen molar-refractivity contribution in [3.63, 3.8) is 0 Å². The molecule has 1 aromatic heterocycles. The van der Waals surface area contributed by atoms with E-state index in [-0.39, 0.29) is 54.1 Å². The highest BCUT2D eigenvalue weighted by Gasteiger charge is 2.49. The molecule has 1 aliphatic carbocycles. The van der Waals surface area contributed by atoms with Gasteiger partial charge in [0.25, 0.3) is 25.8 Å². The van der Waals surface area contributed by atoms with Gasteiger partial charge >= 0.3 is 5.51 Å². The lowest BCUT2D eigenvalue weighted by atomic mass is 9.71. The Balaban J connectivity index is 0.618. The fourth-order valence-electron chi connectivity index (χ4n) is 15.9. The number of thioether (sulfide) groups is 1. The SMILES string of the molecule is Cc1ncsc1-c1ccc([C@H](C)NC(=O)[C@@H]2C[C@@H](O)CN2C(=O)[C@@H](NC(=O)CCCCCCCC(=O)N2CCCN(CC3(C)CCC(c4ccc(Cl)cc4)=C(CN4CCN(c5ccc(C(=O)NS(=O)(=O)c6ccc(N[C@H](CCN7CCOCC7)CSc7ccccc7)c(S(=O)(=O)C(F)(F)F)c6)cc5)CC4)C3)CC2)C(C)(C)C)cc1. The summed E-state index contributed by atoms with van der Waals surface area (Å²) >= 11 is 9.42. The van der Waals surface area contributed by atoms with E-state index >= 15 is 0 Å². The van der Waals surface area contributed by atoms with Gasteiger partial charge in [-0.25, -0.2) is 26.5 Å². The predicted octanol–water partition coefficient (Wildman–Crippen LogP) is 12.9. The Morgan fingerprint density at radius 1 is 0.772 bits per heavy atom. The number of alkyl halides is 3. The number of hydrogen-bond acceptors (Lipinski definition) is 19. The minimum atomic E-state index is -6.11. The van der Waals surface area contributed by atoms with Crippen LogP contribution in [0, 0.1) is 17.8 Å². The summed E-state index contributed by atoms with van der Waals surface area (Å²) < 4.78 is 105. The van der Waals surface area contributed by atoms with E-state index in [0.29, 0.717) is 95.1 Å². The highest BCUT2D eigenvalue weighted by molar-refractivity contribution is 7.99. The number of carbonyl (C=O) groups is 5. The summed E-state index contributed by atoms with van der Waals surface area (Å²) in [5, 5.41) is 20.5. The van der Waals surface area contributed by atoms with Crippen LogP contribution in [0.2, 0.25) is 5.02 Å². The van der Waals surface area contributed by atoms with Crippen molar-refractivity contribution in [2.75, 3.05) is 121 Å². The van der Waals surface area contributed by atoms with Crippen LogP contribution >= 0.6 is 34.7 Å². The molecule has 5 N–H and O–H groups in total. The number of ether oxygens (including phenoxy) is 1. The van der Waals surface area contributed by atoms with Gasteiger partial charge in [-0.3, -0.25) is 33.8 Å². The maximum Gasteiger partial charge on any atom is 0.501 e. The average molecular weight is 1670 g/mol. The van der Waals surface area contributed by atoms with E-state index in [9.17, 15) is 59.1 Å². The van der Waals surface area contributed by atoms with Gasteiger partial charge in [-0.1, -0.05) is 119 Å². The zero-order valence-corrected chi connectivity index (χ0v) is 70.1. The number of piperazine rings is 1. The predicted molar refractivity (Wildman–Crippen MR) is 443 cm³/mol. The van der Waals surface area contributed by atoms with Crippen LogP contribution in [-0.4, -0.2) is 221 Å². The van der Waals surface area contributed by atoms with Crippen LogP contribution in [0.15, 0.2) is 147 Å². The molecule has 4 saturated heterocycles. The molecule has 11 rings (SSSR count). The highest BCUT2D eigenvalue weighted by atomic mass is 35.5. The van der Waals surface area contributed by atoms with Crippen molar-refractivity contribution in [1.29, 1.82) is 0 Å². The molecule has 1 unspecified atom stereocenters. The van der Waals surface area contributed by atoms with Gasteiger partial charge in [0, 0.05) is 137 Å². The fourth-order valence-corrected chi connectivity index (χ4v) is 19.9. The number of carbonyl (C=O) groups excluding carboxylic acids is 5. The first-order valence-corrected chi connectivity index (χ1v) is 44.9. The lowest BCUT2D eigenvalue weighted by Gasteiger charge is -2.42. The van der Waals surface area contributed by atoms with E-state index in [1.807, 2.05) is 116 Å². The molecule has 5 aromatic carbocycles. The van der Waals surface area contributed by atoms with Gasteiger partial charge in [-0.15, -0.1) is 23.1 Å². The van der Waals surface area contributed by atoms with Crippen molar-refractivity contribution in [2.45, 2.75) is 175 Å². The van der Waals surface area contributed by atoms with Gasteiger partial charge in [0.1, 0.15) is 17.0 Å². The van der Waals surface area contributed by atoms with Crippen molar-refractivity contribution in [3.05, 3.63) is 160 Å². The second-order valence-electron chi connectivity index (χ2n) is 32.3. The van der Waals surface area contributed by atoms with Gasteiger partial charge in [0.05, 0.1) is 52.0 Å². The number of anilines is 2. The number of nitrogens with zero attached hydrogens (tertiary/aromatic N) is 7. The number of sulfonamides is 1. The Kier molecular flexibility index (Phi) is 30.1. The molecule has 5 amide bonds. The average Bonchev–Trinajstić information content (AvgIpc) is 1.02. The van der Waals surface area contributed by atoms with Crippen LogP contribution < -0.4 is 25.6 Å². The van der Waals surface area contributed by atoms with E-state index in [2.05, 4.69) is 59.6 Å². The van der Waals surface area contributed by atoms with Gasteiger partial charge in [0.2, 0.25) is 23.6 Å². The number of aryl methyl sites for hydroxylation is 1. The number of amides is 5. The molecule has 4 aliphatic heterocycles. The summed E-state index contributed by atoms with van der Waals surface area (Å²) in [4.78, 5) is 86.0. The van der Waals surface area contributed by atoms with Crippen molar-refractivity contribution in [2.24, 2.45) is 10.8 Å². The summed E-state index contributed by atoms with van der Waals surface area (Å²) in [5.41, 5.74) is 2.43. The number of likely N-dealkylation sites (tertiary alicyclic amines) is 1. The van der Waals surface area contributed by atoms with Crippen LogP contribution in [0.5, 0.6) is 0 Å². The van der Waals surface area contributed by atoms with E-state index in [1.165, 1.54) is 39.9 Å². The number of hydrogen-bond donors (Lipinski definition) is 5. The third-order valence-electron chi connectivity index (χ3n) is 22.5. The van der Waals surface area contributed by atoms with Crippen LogP contribution in [-0.2, 0) is 43.8 Å². The summed E-state index contributed by atoms with van der Waals surface area (Å²) in [6.45, 7) is 22.3. The number of rotatable bonds is 32. The number of sulfone groups is 1. The van der Waals surface area contributed by atoms with E-state index < -0.39 is 82.3 Å². The van der Waals surface area contributed by atoms with Gasteiger partial charge in [0.15, 0.2) is 0 Å². The molecule has 618 valence electrons. The number of aromatic nitrogens is 1. The van der Waals surface area contributed by atoms with Crippen LogP contribution in [0.4, 0.5) is 24.5 Å². The Labute approximate surface area is 682 Å². The molecule has 0 bridgehead atoms. The zero-order chi connectivity index (χ0) is 81.5. The number of allylic oxidation sites excluding steroid dienone is 1. The Morgan fingerprint density at radius 2 is 1.45 bits per heavy atom. The van der Waals surface area contributed by atoms with Crippen LogP contribution in [0.3, 0.4) is 0 Å². The molecule has 0 spiro atoms. The normalized spacial score (nSPS) is 20.1. The third-order valence-corrected chi connectivity index (χ3v) is 27.7. The molecular weight excluding hydrogens is 1560 g/mol. The molecule has 6 atom stereocenters. The number of aliphatic hydroxyl groups excluding tert-OH is 1. The quantitative estimate of drug-likeness (QED) is 0.0194. The van der Waals surface area contributed by atoms with Gasteiger partial charge < -0.3 is 45.4 Å².